The molecule has 0 aliphatic heterocycles. The highest BCUT2D eigenvalue weighted by Gasteiger charge is 2.15. The molecule has 0 unspecified atom stereocenters. The largest absolute Gasteiger partial charge is 0.495 e. The van der Waals surface area contributed by atoms with Gasteiger partial charge in [0.25, 0.3) is 0 Å². The van der Waals surface area contributed by atoms with Gasteiger partial charge in [0.2, 0.25) is 10.0 Å². The predicted octanol–water partition coefficient (Wildman–Crippen LogP) is 0.728. The number of halogens is 1. The molecule has 0 atom stereocenters. The minimum absolute atomic E-state index is 0.0125. The predicted molar refractivity (Wildman–Crippen MR) is 71.6 cm³/mol. The Kier molecular flexibility index (Phi) is 6.21. The van der Waals surface area contributed by atoms with Crippen LogP contribution < -0.4 is 9.46 Å². The molecule has 112 valence electrons. The second kappa shape index (κ2) is 7.44. The molecular weight excluding hydrogens is 310 g/mol. The summed E-state index contributed by atoms with van der Waals surface area (Å²) in [5.41, 5.74) is 0. The van der Waals surface area contributed by atoms with Gasteiger partial charge in [-0.3, -0.25) is 0 Å². The van der Waals surface area contributed by atoms with Crippen LogP contribution in [0.25, 0.3) is 0 Å². The van der Waals surface area contributed by atoms with Gasteiger partial charge in [0.1, 0.15) is 12.4 Å². The molecule has 0 amide bonds. The lowest BCUT2D eigenvalue weighted by molar-refractivity contribution is -0.142. The molecule has 1 aromatic carbocycles. The summed E-state index contributed by atoms with van der Waals surface area (Å²) in [6.07, 6.45) is 0. The molecule has 0 saturated carbocycles. The zero-order valence-electron chi connectivity index (χ0n) is 10.6. The molecule has 0 fully saturated rings. The first kappa shape index (κ1) is 16.7. The second-order valence-corrected chi connectivity index (χ2v) is 5.81. The maximum Gasteiger partial charge on any atom is 0.329 e. The van der Waals surface area contributed by atoms with Gasteiger partial charge in [-0.15, -0.1) is 0 Å². The van der Waals surface area contributed by atoms with E-state index in [1.807, 2.05) is 0 Å². The molecule has 0 heterocycles. The van der Waals surface area contributed by atoms with Crippen LogP contribution >= 0.6 is 11.6 Å². The van der Waals surface area contributed by atoms with Crippen LogP contribution in [0.3, 0.4) is 0 Å². The van der Waals surface area contributed by atoms with E-state index in [1.165, 1.54) is 25.3 Å². The number of aliphatic carboxylic acids is 1. The first-order valence-corrected chi connectivity index (χ1v) is 7.35. The zero-order valence-corrected chi connectivity index (χ0v) is 12.2. The molecule has 0 bridgehead atoms. The van der Waals surface area contributed by atoms with E-state index >= 15 is 0 Å². The Labute approximate surface area is 121 Å². The summed E-state index contributed by atoms with van der Waals surface area (Å²) in [5.74, 6) is -0.745. The third-order valence-electron chi connectivity index (χ3n) is 2.20. The van der Waals surface area contributed by atoms with Crippen molar-refractivity contribution in [3.8, 4) is 5.75 Å². The standard InChI is InChI=1S/C11H14ClNO6S/c1-18-10-3-2-8(6-9(10)12)20(16,17)13-4-5-19-7-11(14)15/h2-3,6,13H,4-5,7H2,1H3,(H,14,15). The number of rotatable bonds is 8. The van der Waals surface area contributed by atoms with E-state index in [0.29, 0.717) is 5.75 Å². The summed E-state index contributed by atoms with van der Waals surface area (Å²) in [6, 6.07) is 4.06. The van der Waals surface area contributed by atoms with Crippen molar-refractivity contribution in [3.63, 3.8) is 0 Å². The number of methoxy groups -OCH3 is 1. The molecule has 9 heteroatoms. The number of nitrogens with one attached hydrogen (secondary N) is 1. The summed E-state index contributed by atoms with van der Waals surface area (Å²) in [7, 11) is -2.30. The number of hydrogen-bond acceptors (Lipinski definition) is 5. The van der Waals surface area contributed by atoms with Crippen molar-refractivity contribution in [2.45, 2.75) is 4.90 Å². The van der Waals surface area contributed by atoms with E-state index in [2.05, 4.69) is 4.72 Å². The quantitative estimate of drug-likeness (QED) is 0.684. The van der Waals surface area contributed by atoms with Crippen LogP contribution in [0.5, 0.6) is 5.75 Å². The fraction of sp³-hybridized carbons (Fsp3) is 0.364. The van der Waals surface area contributed by atoms with Crippen molar-refractivity contribution >= 4 is 27.6 Å². The van der Waals surface area contributed by atoms with Crippen LogP contribution in [0, 0.1) is 0 Å². The highest BCUT2D eigenvalue weighted by atomic mass is 35.5. The number of carbonyl (C=O) groups is 1. The Morgan fingerprint density at radius 1 is 1.45 bits per heavy atom. The lowest BCUT2D eigenvalue weighted by atomic mass is 10.3. The van der Waals surface area contributed by atoms with Gasteiger partial charge in [-0.25, -0.2) is 17.9 Å². The van der Waals surface area contributed by atoms with Crippen molar-refractivity contribution in [3.05, 3.63) is 23.2 Å². The summed E-state index contributed by atoms with van der Waals surface area (Å²) in [5, 5.41) is 8.52. The fourth-order valence-electron chi connectivity index (χ4n) is 1.31. The fourth-order valence-corrected chi connectivity index (χ4v) is 2.67. The minimum Gasteiger partial charge on any atom is -0.495 e. The van der Waals surface area contributed by atoms with Gasteiger partial charge in [-0.05, 0) is 18.2 Å². The molecule has 0 aliphatic rings. The number of carboxylic acids is 1. The number of ether oxygens (including phenoxy) is 2. The Hall–Kier alpha value is -1.35. The molecule has 0 radical (unpaired) electrons. The van der Waals surface area contributed by atoms with Crippen LogP contribution in [-0.4, -0.2) is 46.4 Å². The normalized spacial score (nSPS) is 11.3. The van der Waals surface area contributed by atoms with Crippen molar-refractivity contribution in [2.24, 2.45) is 0 Å². The average molecular weight is 324 g/mol. The van der Waals surface area contributed by atoms with Gasteiger partial charge in [-0.1, -0.05) is 11.6 Å². The molecule has 1 aromatic rings. The number of hydrogen-bond donors (Lipinski definition) is 2. The van der Waals surface area contributed by atoms with Crippen molar-refractivity contribution in [2.75, 3.05) is 26.9 Å². The maximum atomic E-state index is 11.9. The summed E-state index contributed by atoms with van der Waals surface area (Å²) >= 11 is 5.85. The molecule has 1 rings (SSSR count). The average Bonchev–Trinajstić information content (AvgIpc) is 2.37. The molecule has 7 nitrogen and oxygen atoms in total. The second-order valence-electron chi connectivity index (χ2n) is 3.64. The Morgan fingerprint density at radius 2 is 2.15 bits per heavy atom. The Morgan fingerprint density at radius 3 is 2.70 bits per heavy atom. The maximum absolute atomic E-state index is 11.9. The first-order chi connectivity index (χ1) is 9.36. The van der Waals surface area contributed by atoms with Crippen LogP contribution in [-0.2, 0) is 19.6 Å². The molecule has 0 aliphatic carbocycles. The molecule has 0 aromatic heterocycles. The van der Waals surface area contributed by atoms with E-state index < -0.39 is 22.6 Å². The van der Waals surface area contributed by atoms with Crippen molar-refractivity contribution in [1.29, 1.82) is 0 Å². The molecule has 20 heavy (non-hydrogen) atoms. The topological polar surface area (TPSA) is 102 Å². The number of sulfonamides is 1. The zero-order chi connectivity index (χ0) is 15.2. The lowest BCUT2D eigenvalue weighted by Gasteiger charge is -2.08. The van der Waals surface area contributed by atoms with Gasteiger partial charge >= 0.3 is 5.97 Å². The van der Waals surface area contributed by atoms with E-state index in [0.717, 1.165) is 0 Å². The monoisotopic (exact) mass is 323 g/mol. The van der Waals surface area contributed by atoms with Crippen molar-refractivity contribution < 1.29 is 27.8 Å². The third-order valence-corrected chi connectivity index (χ3v) is 3.95. The van der Waals surface area contributed by atoms with Gasteiger partial charge in [0, 0.05) is 6.54 Å². The minimum atomic E-state index is -3.73. The molecule has 2 N–H and O–H groups in total. The van der Waals surface area contributed by atoms with Crippen LogP contribution in [0.4, 0.5) is 0 Å². The molecule has 0 saturated heterocycles. The summed E-state index contributed by atoms with van der Waals surface area (Å²) in [4.78, 5) is 10.2. The Balaban J connectivity index is 2.60. The highest BCUT2D eigenvalue weighted by Crippen LogP contribution is 2.26. The van der Waals surface area contributed by atoms with Gasteiger partial charge in [0.05, 0.1) is 23.6 Å². The van der Waals surface area contributed by atoms with E-state index in [4.69, 9.17) is 26.2 Å². The van der Waals surface area contributed by atoms with Gasteiger partial charge in [0.15, 0.2) is 0 Å². The smallest absolute Gasteiger partial charge is 0.329 e. The lowest BCUT2D eigenvalue weighted by Crippen LogP contribution is -2.28. The molecular formula is C11H14ClNO6S. The van der Waals surface area contributed by atoms with Crippen LogP contribution in [0.2, 0.25) is 5.02 Å². The Bertz CT molecular complexity index is 574. The molecule has 0 spiro atoms. The number of carboxylic acid groups (broad SMARTS) is 1. The summed E-state index contributed by atoms with van der Waals surface area (Å²) < 4.78 is 35.7. The number of benzene rings is 1. The SMILES string of the molecule is COc1ccc(S(=O)(=O)NCCOCC(=O)O)cc1Cl. The van der Waals surface area contributed by atoms with Crippen LogP contribution in [0.1, 0.15) is 0 Å². The third kappa shape index (κ3) is 4.97. The van der Waals surface area contributed by atoms with E-state index in [9.17, 15) is 13.2 Å². The van der Waals surface area contributed by atoms with Gasteiger partial charge in [-0.2, -0.15) is 0 Å². The highest BCUT2D eigenvalue weighted by molar-refractivity contribution is 7.89. The van der Waals surface area contributed by atoms with Crippen molar-refractivity contribution in [1.82, 2.24) is 4.72 Å². The summed E-state index contributed by atoms with van der Waals surface area (Å²) in [6.45, 7) is -0.565. The first-order valence-electron chi connectivity index (χ1n) is 5.49. The van der Waals surface area contributed by atoms with E-state index in [-0.39, 0.29) is 23.1 Å². The van der Waals surface area contributed by atoms with Crippen LogP contribution in [0.15, 0.2) is 23.1 Å². The van der Waals surface area contributed by atoms with E-state index in [1.54, 1.807) is 0 Å². The van der Waals surface area contributed by atoms with Gasteiger partial charge < -0.3 is 14.6 Å².